The van der Waals surface area contributed by atoms with Gasteiger partial charge in [-0.05, 0) is 18.9 Å². The Bertz CT molecular complexity index is 936. The zero-order valence-electron chi connectivity index (χ0n) is 17.0. The summed E-state index contributed by atoms with van der Waals surface area (Å²) in [5, 5.41) is 13.6. The highest BCUT2D eigenvalue weighted by molar-refractivity contribution is 7.17. The Morgan fingerprint density at radius 3 is 2.63 bits per heavy atom. The fraction of sp³-hybridized carbons (Fsp3) is 0.435. The first-order valence-corrected chi connectivity index (χ1v) is 11.4. The number of rotatable bonds is 5. The molecule has 1 saturated heterocycles. The monoisotopic (exact) mass is 422 g/mol. The molecule has 6 nitrogen and oxygen atoms in total. The molecule has 156 valence electrons. The molecule has 2 heterocycles. The van der Waals surface area contributed by atoms with Crippen LogP contribution in [0.2, 0.25) is 0 Å². The van der Waals surface area contributed by atoms with E-state index in [9.17, 15) is 10.1 Å². The van der Waals surface area contributed by atoms with Gasteiger partial charge in [-0.2, -0.15) is 5.26 Å². The summed E-state index contributed by atoms with van der Waals surface area (Å²) in [5.74, 6) is -0.287. The van der Waals surface area contributed by atoms with Crippen LogP contribution in [0.15, 0.2) is 35.9 Å². The van der Waals surface area contributed by atoms with Crippen LogP contribution in [0.1, 0.15) is 37.0 Å². The number of nitrogens with one attached hydrogen (secondary N) is 1. The number of hydrogen-bond acceptors (Lipinski definition) is 6. The maximum atomic E-state index is 12.8. The molecule has 0 atom stereocenters. The molecule has 1 aliphatic carbocycles. The quantitative estimate of drug-likeness (QED) is 0.582. The second-order valence-corrected chi connectivity index (χ2v) is 8.66. The summed E-state index contributed by atoms with van der Waals surface area (Å²) in [6.45, 7) is 2.94. The van der Waals surface area contributed by atoms with Crippen LogP contribution in [-0.2, 0) is 9.53 Å². The van der Waals surface area contributed by atoms with Crippen LogP contribution in [0.3, 0.4) is 0 Å². The first kappa shape index (κ1) is 20.6. The minimum absolute atomic E-state index is 0.134. The Morgan fingerprint density at radius 1 is 1.20 bits per heavy atom. The van der Waals surface area contributed by atoms with Crippen LogP contribution in [-0.4, -0.2) is 43.2 Å². The van der Waals surface area contributed by atoms with Gasteiger partial charge in [0.25, 0.3) is 5.91 Å². The Morgan fingerprint density at radius 2 is 1.93 bits per heavy atom. The number of carbonyl (C=O) groups is 1. The highest BCUT2D eigenvalue weighted by atomic mass is 32.1. The lowest BCUT2D eigenvalue weighted by atomic mass is 9.95. The summed E-state index contributed by atoms with van der Waals surface area (Å²) in [5.41, 5.74) is 1.92. The van der Waals surface area contributed by atoms with E-state index in [4.69, 9.17) is 9.72 Å². The van der Waals surface area contributed by atoms with Gasteiger partial charge in [-0.25, -0.2) is 4.98 Å². The second-order valence-electron chi connectivity index (χ2n) is 7.65. The summed E-state index contributed by atoms with van der Waals surface area (Å²) in [6, 6.07) is 12.2. The maximum Gasteiger partial charge on any atom is 0.262 e. The Kier molecular flexibility index (Phi) is 6.77. The van der Waals surface area contributed by atoms with Crippen molar-refractivity contribution in [2.24, 2.45) is 0 Å². The van der Waals surface area contributed by atoms with Crippen molar-refractivity contribution in [3.8, 4) is 17.3 Å². The predicted molar refractivity (Wildman–Crippen MR) is 119 cm³/mol. The average molecular weight is 423 g/mol. The largest absolute Gasteiger partial charge is 0.378 e. The van der Waals surface area contributed by atoms with Crippen molar-refractivity contribution in [1.82, 2.24) is 10.3 Å². The number of thiazole rings is 1. The number of anilines is 1. The number of morpholine rings is 1. The van der Waals surface area contributed by atoms with Gasteiger partial charge in [-0.15, -0.1) is 0 Å². The third-order valence-corrected chi connectivity index (χ3v) is 6.61. The van der Waals surface area contributed by atoms with Gasteiger partial charge in [0.1, 0.15) is 11.6 Å². The summed E-state index contributed by atoms with van der Waals surface area (Å²) < 4.78 is 5.46. The average Bonchev–Trinajstić information content (AvgIpc) is 3.23. The van der Waals surface area contributed by atoms with E-state index in [-0.39, 0.29) is 17.5 Å². The van der Waals surface area contributed by atoms with Crippen molar-refractivity contribution < 1.29 is 9.53 Å². The van der Waals surface area contributed by atoms with Crippen LogP contribution in [0.5, 0.6) is 0 Å². The van der Waals surface area contributed by atoms with Crippen molar-refractivity contribution in [2.45, 2.75) is 38.1 Å². The van der Waals surface area contributed by atoms with Gasteiger partial charge in [-0.1, -0.05) is 60.9 Å². The number of aromatic nitrogens is 1. The molecule has 4 rings (SSSR count). The molecule has 0 spiro atoms. The van der Waals surface area contributed by atoms with E-state index in [0.29, 0.717) is 13.2 Å². The molecule has 1 aromatic carbocycles. The summed E-state index contributed by atoms with van der Waals surface area (Å²) in [7, 11) is 0. The Balaban J connectivity index is 1.64. The number of benzene rings is 1. The fourth-order valence-electron chi connectivity index (χ4n) is 3.90. The molecule has 7 heteroatoms. The van der Waals surface area contributed by atoms with Crippen LogP contribution >= 0.6 is 11.3 Å². The van der Waals surface area contributed by atoms with Crippen molar-refractivity contribution in [3.63, 3.8) is 0 Å². The zero-order valence-corrected chi connectivity index (χ0v) is 17.8. The van der Waals surface area contributed by atoms with E-state index >= 15 is 0 Å². The number of nitrogens with zero attached hydrogens (tertiary/aromatic N) is 3. The maximum absolute atomic E-state index is 12.8. The van der Waals surface area contributed by atoms with E-state index in [2.05, 4.69) is 16.3 Å². The highest BCUT2D eigenvalue weighted by Gasteiger charge is 2.22. The second kappa shape index (κ2) is 9.88. The smallest absolute Gasteiger partial charge is 0.262 e. The van der Waals surface area contributed by atoms with E-state index < -0.39 is 0 Å². The minimum Gasteiger partial charge on any atom is -0.378 e. The summed E-state index contributed by atoms with van der Waals surface area (Å²) in [6.07, 6.45) is 7.16. The van der Waals surface area contributed by atoms with Crippen LogP contribution < -0.4 is 10.2 Å². The third kappa shape index (κ3) is 4.89. The van der Waals surface area contributed by atoms with Crippen molar-refractivity contribution in [2.75, 3.05) is 31.2 Å². The van der Waals surface area contributed by atoms with Crippen molar-refractivity contribution >= 4 is 28.5 Å². The normalized spacial score (nSPS) is 18.1. The van der Waals surface area contributed by atoms with E-state index in [1.165, 1.54) is 17.8 Å². The molecule has 0 unspecified atom stereocenters. The molecule has 1 aliphatic heterocycles. The molecule has 30 heavy (non-hydrogen) atoms. The van der Waals surface area contributed by atoms with Gasteiger partial charge in [0.05, 0.1) is 23.8 Å². The van der Waals surface area contributed by atoms with Gasteiger partial charge in [0.2, 0.25) is 0 Å². The van der Waals surface area contributed by atoms with Gasteiger partial charge in [0, 0.05) is 24.7 Å². The molecule has 2 aliphatic rings. The number of amides is 1. The summed E-state index contributed by atoms with van der Waals surface area (Å²) in [4.78, 5) is 20.7. The predicted octanol–water partition coefficient (Wildman–Crippen LogP) is 4.00. The van der Waals surface area contributed by atoms with E-state index in [1.54, 1.807) is 6.08 Å². The highest BCUT2D eigenvalue weighted by Crippen LogP contribution is 2.35. The molecule has 1 amide bonds. The third-order valence-electron chi connectivity index (χ3n) is 5.55. The van der Waals surface area contributed by atoms with Crippen LogP contribution in [0, 0.1) is 11.3 Å². The van der Waals surface area contributed by atoms with Crippen molar-refractivity contribution in [1.29, 1.82) is 5.26 Å². The minimum atomic E-state index is -0.287. The molecule has 1 aromatic heterocycles. The first-order valence-electron chi connectivity index (χ1n) is 10.6. The molecule has 2 fully saturated rings. The number of hydrogen-bond donors (Lipinski definition) is 1. The van der Waals surface area contributed by atoms with Gasteiger partial charge >= 0.3 is 0 Å². The number of nitriles is 1. The lowest BCUT2D eigenvalue weighted by Gasteiger charge is -2.26. The number of carbonyl (C=O) groups excluding carboxylic acids is 1. The van der Waals surface area contributed by atoms with Gasteiger partial charge in [-0.3, -0.25) is 4.79 Å². The van der Waals surface area contributed by atoms with Gasteiger partial charge < -0.3 is 15.0 Å². The zero-order chi connectivity index (χ0) is 20.8. The molecule has 2 aromatic rings. The Hall–Kier alpha value is -2.69. The molecular formula is C23H26N4O2S. The molecular weight excluding hydrogens is 396 g/mol. The van der Waals surface area contributed by atoms with E-state index in [1.807, 2.05) is 30.3 Å². The van der Waals surface area contributed by atoms with Crippen molar-refractivity contribution in [3.05, 3.63) is 40.8 Å². The number of ether oxygens (including phenoxy) is 1. The molecule has 0 radical (unpaired) electrons. The molecule has 1 saturated carbocycles. The molecule has 0 bridgehead atoms. The first-order chi connectivity index (χ1) is 14.7. The molecule has 1 N–H and O–H groups in total. The van der Waals surface area contributed by atoms with Crippen LogP contribution in [0.25, 0.3) is 17.3 Å². The Labute approximate surface area is 181 Å². The fourth-order valence-corrected chi connectivity index (χ4v) is 4.98. The van der Waals surface area contributed by atoms with Gasteiger partial charge in [0.15, 0.2) is 5.13 Å². The van der Waals surface area contributed by atoms with E-state index in [0.717, 1.165) is 60.0 Å². The lowest BCUT2D eigenvalue weighted by molar-refractivity contribution is -0.117. The lowest BCUT2D eigenvalue weighted by Crippen LogP contribution is -2.36. The topological polar surface area (TPSA) is 78.2 Å². The summed E-state index contributed by atoms with van der Waals surface area (Å²) >= 11 is 1.52. The standard InChI is InChI=1S/C23H26N4O2S/c24-16-18(22(28)25-19-9-5-2-6-10-19)15-20-21(17-7-3-1-4-8-17)26-23(30-20)27-11-13-29-14-12-27/h1,3-4,7-8,15,19H,2,5-6,9-14H2,(H,25,28). The van der Waals surface area contributed by atoms with Crippen LogP contribution in [0.4, 0.5) is 5.13 Å². The SMILES string of the molecule is N#CC(=Cc1sc(N2CCOCC2)nc1-c1ccccc1)C(=O)NC1CCCCC1.